The minimum Gasteiger partial charge on any atom is -0.355 e. The molecule has 0 saturated carbocycles. The lowest BCUT2D eigenvalue weighted by Gasteiger charge is -2.32. The smallest absolute Gasteiger partial charge is 0.276 e. The number of benzene rings is 2. The van der Waals surface area contributed by atoms with Gasteiger partial charge >= 0.3 is 0 Å². The van der Waals surface area contributed by atoms with E-state index in [1.54, 1.807) is 17.8 Å². The van der Waals surface area contributed by atoms with Gasteiger partial charge in [-0.2, -0.15) is 0 Å². The van der Waals surface area contributed by atoms with Crippen LogP contribution in [0.2, 0.25) is 0 Å². The number of nitrogens with zero attached hydrogens (tertiary/aromatic N) is 5. The van der Waals surface area contributed by atoms with Crippen molar-refractivity contribution in [3.63, 3.8) is 0 Å². The predicted molar refractivity (Wildman–Crippen MR) is 143 cm³/mol. The van der Waals surface area contributed by atoms with Gasteiger partial charge in [0, 0.05) is 37.1 Å². The van der Waals surface area contributed by atoms with Crippen LogP contribution in [-0.2, 0) is 13.0 Å². The summed E-state index contributed by atoms with van der Waals surface area (Å²) in [7, 11) is 0. The molecular weight excluding hydrogens is 468 g/mol. The van der Waals surface area contributed by atoms with Crippen LogP contribution in [0.15, 0.2) is 78.1 Å². The Morgan fingerprint density at radius 1 is 0.944 bits per heavy atom. The number of amides is 1. The second-order valence-corrected chi connectivity index (χ2v) is 10.4. The van der Waals surface area contributed by atoms with Gasteiger partial charge < -0.3 is 14.8 Å². The number of thioether (sulfide) groups is 1. The van der Waals surface area contributed by atoms with E-state index in [-0.39, 0.29) is 5.91 Å². The van der Waals surface area contributed by atoms with Gasteiger partial charge in [0.25, 0.3) is 5.91 Å². The number of carbonyl (C=O) groups is 1. The molecule has 1 amide bonds. The highest BCUT2D eigenvalue weighted by Crippen LogP contribution is 2.32. The van der Waals surface area contributed by atoms with E-state index in [0.29, 0.717) is 11.6 Å². The Balaban J connectivity index is 1.09. The number of nitrogens with one attached hydrogen (secondary N) is 1. The fourth-order valence-corrected chi connectivity index (χ4v) is 5.91. The average Bonchev–Trinajstić information content (AvgIpc) is 3.53. The lowest BCUT2D eigenvalue weighted by atomic mass is 9.90. The number of aromatic nitrogens is 4. The highest BCUT2D eigenvalue weighted by molar-refractivity contribution is 7.99. The van der Waals surface area contributed by atoms with Crippen molar-refractivity contribution < 1.29 is 4.79 Å². The van der Waals surface area contributed by atoms with Crippen molar-refractivity contribution in [3.05, 3.63) is 84.2 Å². The molecule has 2 aliphatic heterocycles. The quantitative estimate of drug-likeness (QED) is 0.398. The highest BCUT2D eigenvalue weighted by atomic mass is 32.2. The highest BCUT2D eigenvalue weighted by Gasteiger charge is 2.22. The van der Waals surface area contributed by atoms with Crippen LogP contribution in [-0.4, -0.2) is 44.5 Å². The van der Waals surface area contributed by atoms with Crippen molar-refractivity contribution in [1.82, 2.24) is 19.7 Å². The van der Waals surface area contributed by atoms with Gasteiger partial charge in [-0.3, -0.25) is 4.79 Å². The Kier molecular flexibility index (Phi) is 6.42. The van der Waals surface area contributed by atoms with Crippen LogP contribution in [0.1, 0.15) is 28.9 Å². The second kappa shape index (κ2) is 10.1. The molecule has 1 fully saturated rings. The number of hydrogen-bond acceptors (Lipinski definition) is 6. The number of piperidine rings is 1. The van der Waals surface area contributed by atoms with Gasteiger partial charge in [-0.1, -0.05) is 60.3 Å². The van der Waals surface area contributed by atoms with E-state index in [2.05, 4.69) is 61.5 Å². The largest absolute Gasteiger partial charge is 0.355 e. The molecule has 182 valence electrons. The molecule has 0 bridgehead atoms. The van der Waals surface area contributed by atoms with Gasteiger partial charge in [0.05, 0.1) is 11.4 Å². The summed E-state index contributed by atoms with van der Waals surface area (Å²) in [6.07, 6.45) is 5.44. The van der Waals surface area contributed by atoms with Crippen LogP contribution < -0.4 is 10.2 Å². The molecule has 7 nitrogen and oxygen atoms in total. The maximum Gasteiger partial charge on any atom is 0.276 e. The number of imidazole rings is 1. The third kappa shape index (κ3) is 4.86. The molecule has 0 spiro atoms. The molecule has 0 radical (unpaired) electrons. The van der Waals surface area contributed by atoms with Crippen molar-refractivity contribution in [1.29, 1.82) is 0 Å². The van der Waals surface area contributed by atoms with Gasteiger partial charge in [0.15, 0.2) is 16.7 Å². The standard InChI is InChI=1S/C28H28N6OS/c35-27(29-23-9-5-4-8-22(23)25-19-34-16-17-36-28(34)30-25)24-10-11-26(32-31-24)33-14-12-21(13-15-33)18-20-6-2-1-3-7-20/h1-11,19,21H,12-18H2,(H,29,35). The topological polar surface area (TPSA) is 75.9 Å². The van der Waals surface area contributed by atoms with Crippen molar-refractivity contribution in [3.8, 4) is 11.3 Å². The molecule has 2 aromatic carbocycles. The summed E-state index contributed by atoms with van der Waals surface area (Å²) in [4.78, 5) is 20.0. The van der Waals surface area contributed by atoms with E-state index in [1.165, 1.54) is 5.56 Å². The number of hydrogen-bond donors (Lipinski definition) is 1. The zero-order chi connectivity index (χ0) is 24.3. The first-order chi connectivity index (χ1) is 17.7. The van der Waals surface area contributed by atoms with Crippen molar-refractivity contribution in [2.75, 3.05) is 29.1 Å². The molecule has 6 rings (SSSR count). The predicted octanol–water partition coefficient (Wildman–Crippen LogP) is 5.16. The minimum absolute atomic E-state index is 0.274. The summed E-state index contributed by atoms with van der Waals surface area (Å²) in [6, 6.07) is 22.1. The Labute approximate surface area is 215 Å². The molecule has 4 heterocycles. The van der Waals surface area contributed by atoms with Gasteiger partial charge in [-0.05, 0) is 48.9 Å². The molecule has 1 N–H and O–H groups in total. The van der Waals surface area contributed by atoms with Crippen LogP contribution in [0.5, 0.6) is 0 Å². The summed E-state index contributed by atoms with van der Waals surface area (Å²) in [5.41, 5.74) is 4.19. The Bertz CT molecular complexity index is 1320. The minimum atomic E-state index is -0.274. The van der Waals surface area contributed by atoms with Crippen LogP contribution in [0.3, 0.4) is 0 Å². The van der Waals surface area contributed by atoms with E-state index < -0.39 is 0 Å². The lowest BCUT2D eigenvalue weighted by Crippen LogP contribution is -2.35. The number of aryl methyl sites for hydroxylation is 1. The molecular formula is C28H28N6OS. The van der Waals surface area contributed by atoms with E-state index >= 15 is 0 Å². The maximum atomic E-state index is 13.0. The molecule has 4 aromatic rings. The third-order valence-electron chi connectivity index (χ3n) is 6.94. The van der Waals surface area contributed by atoms with Crippen LogP contribution in [0, 0.1) is 5.92 Å². The maximum absolute atomic E-state index is 13.0. The van der Waals surface area contributed by atoms with Crippen LogP contribution in [0.4, 0.5) is 11.5 Å². The van der Waals surface area contributed by atoms with Crippen molar-refractivity contribution in [2.24, 2.45) is 5.92 Å². The molecule has 2 aliphatic rings. The molecule has 1 saturated heterocycles. The molecule has 8 heteroatoms. The summed E-state index contributed by atoms with van der Waals surface area (Å²) >= 11 is 1.76. The third-order valence-corrected chi connectivity index (χ3v) is 7.91. The molecule has 0 unspecified atom stereocenters. The van der Waals surface area contributed by atoms with Crippen molar-refractivity contribution >= 4 is 29.2 Å². The first-order valence-corrected chi connectivity index (χ1v) is 13.4. The summed E-state index contributed by atoms with van der Waals surface area (Å²) in [5, 5.41) is 12.7. The van der Waals surface area contributed by atoms with Gasteiger partial charge in [0.1, 0.15) is 0 Å². The number of rotatable bonds is 6. The van der Waals surface area contributed by atoms with Gasteiger partial charge in [0.2, 0.25) is 0 Å². The zero-order valence-electron chi connectivity index (χ0n) is 20.0. The second-order valence-electron chi connectivity index (χ2n) is 9.35. The summed E-state index contributed by atoms with van der Waals surface area (Å²) in [5.74, 6) is 2.30. The number of para-hydroxylation sites is 1. The fraction of sp³-hybridized carbons (Fsp3) is 0.286. The van der Waals surface area contributed by atoms with E-state index in [0.717, 1.165) is 72.6 Å². The van der Waals surface area contributed by atoms with Gasteiger partial charge in [-0.25, -0.2) is 4.98 Å². The zero-order valence-corrected chi connectivity index (χ0v) is 20.8. The SMILES string of the molecule is O=C(Nc1ccccc1-c1cn2c(n1)SCC2)c1ccc(N2CCC(Cc3ccccc3)CC2)nn1. The van der Waals surface area contributed by atoms with Crippen molar-refractivity contribution in [2.45, 2.75) is 31.0 Å². The first kappa shape index (κ1) is 22.8. The summed E-state index contributed by atoms with van der Waals surface area (Å²) < 4.78 is 2.16. The Morgan fingerprint density at radius 2 is 1.75 bits per heavy atom. The average molecular weight is 497 g/mol. The number of anilines is 2. The summed E-state index contributed by atoms with van der Waals surface area (Å²) in [6.45, 7) is 2.88. The molecule has 36 heavy (non-hydrogen) atoms. The Hall–Kier alpha value is -3.65. The fourth-order valence-electron chi connectivity index (χ4n) is 4.97. The first-order valence-electron chi connectivity index (χ1n) is 12.5. The Morgan fingerprint density at radius 3 is 2.53 bits per heavy atom. The molecule has 0 aliphatic carbocycles. The van der Waals surface area contributed by atoms with E-state index in [4.69, 9.17) is 4.98 Å². The van der Waals surface area contributed by atoms with Gasteiger partial charge in [-0.15, -0.1) is 10.2 Å². The number of carbonyl (C=O) groups excluding carboxylic acids is 1. The van der Waals surface area contributed by atoms with Crippen LogP contribution >= 0.6 is 11.8 Å². The number of fused-ring (bicyclic) bond motifs is 1. The normalized spacial score (nSPS) is 15.6. The van der Waals surface area contributed by atoms with Crippen LogP contribution in [0.25, 0.3) is 11.3 Å². The monoisotopic (exact) mass is 496 g/mol. The molecule has 0 atom stereocenters. The molecule has 2 aromatic heterocycles. The van der Waals surface area contributed by atoms with E-state index in [9.17, 15) is 4.79 Å². The van der Waals surface area contributed by atoms with E-state index in [1.807, 2.05) is 30.3 Å². The lowest BCUT2D eigenvalue weighted by molar-refractivity contribution is 0.102.